The Kier molecular flexibility index (Phi) is 7.75. The van der Waals surface area contributed by atoms with Crippen LogP contribution in [0.15, 0.2) is 47.6 Å². The fraction of sp³-hybridized carbons (Fsp3) is 0.250. The third-order valence-electron chi connectivity index (χ3n) is 5.33. The molecule has 10 heteroatoms. The number of carbonyl (C=O) groups excluding carboxylic acids is 1. The first-order chi connectivity index (χ1) is 15.9. The van der Waals surface area contributed by atoms with Crippen LogP contribution in [0.25, 0.3) is 5.69 Å². The summed E-state index contributed by atoms with van der Waals surface area (Å²) in [5.74, 6) is -0.558. The van der Waals surface area contributed by atoms with Gasteiger partial charge in [0.1, 0.15) is 6.54 Å². The number of benzene rings is 2. The van der Waals surface area contributed by atoms with E-state index in [-0.39, 0.29) is 6.54 Å². The zero-order valence-electron chi connectivity index (χ0n) is 19.6. The molecule has 1 amide bonds. The number of halogens is 2. The second-order valence-electron chi connectivity index (χ2n) is 8.11. The van der Waals surface area contributed by atoms with E-state index >= 15 is 0 Å². The van der Waals surface area contributed by atoms with Crippen LogP contribution in [0.2, 0.25) is 10.0 Å². The van der Waals surface area contributed by atoms with E-state index in [1.54, 1.807) is 25.1 Å². The number of nitrogens with zero attached hydrogens (tertiary/aromatic N) is 3. The zero-order valence-corrected chi connectivity index (χ0v) is 21.9. The largest absolute Gasteiger partial charge is 0.316 e. The molecule has 0 aliphatic carbocycles. The number of rotatable bonds is 7. The molecule has 1 aromatic heterocycles. The van der Waals surface area contributed by atoms with Crippen LogP contribution in [0.3, 0.4) is 0 Å². The molecule has 0 aliphatic rings. The van der Waals surface area contributed by atoms with Crippen molar-refractivity contribution in [3.63, 3.8) is 0 Å². The van der Waals surface area contributed by atoms with Gasteiger partial charge in [0.15, 0.2) is 0 Å². The molecular weight excluding hydrogens is 495 g/mol. The lowest BCUT2D eigenvalue weighted by Gasteiger charge is -2.23. The summed E-state index contributed by atoms with van der Waals surface area (Å²) in [6.07, 6.45) is 2.59. The number of hydrazone groups is 1. The van der Waals surface area contributed by atoms with E-state index in [9.17, 15) is 13.2 Å². The molecule has 0 unspecified atom stereocenters. The lowest BCUT2D eigenvalue weighted by molar-refractivity contribution is -0.119. The van der Waals surface area contributed by atoms with Gasteiger partial charge in [0.05, 0.1) is 28.9 Å². The predicted molar refractivity (Wildman–Crippen MR) is 139 cm³/mol. The van der Waals surface area contributed by atoms with Gasteiger partial charge in [-0.2, -0.15) is 5.10 Å². The van der Waals surface area contributed by atoms with Crippen LogP contribution in [0, 0.1) is 27.7 Å². The highest BCUT2D eigenvalue weighted by molar-refractivity contribution is 7.92. The summed E-state index contributed by atoms with van der Waals surface area (Å²) in [5, 5.41) is 5.10. The van der Waals surface area contributed by atoms with Gasteiger partial charge in [-0.15, -0.1) is 0 Å². The molecule has 0 radical (unpaired) electrons. The number of carbonyl (C=O) groups is 1. The molecule has 3 rings (SSSR count). The van der Waals surface area contributed by atoms with Gasteiger partial charge in [-0.25, -0.2) is 13.8 Å². The van der Waals surface area contributed by atoms with E-state index in [2.05, 4.69) is 10.5 Å². The van der Waals surface area contributed by atoms with Crippen LogP contribution in [0.1, 0.15) is 28.1 Å². The highest BCUT2D eigenvalue weighted by Crippen LogP contribution is 2.28. The Hall–Kier alpha value is -2.81. The highest BCUT2D eigenvalue weighted by Gasteiger charge is 2.22. The van der Waals surface area contributed by atoms with Gasteiger partial charge in [-0.3, -0.25) is 9.10 Å². The fourth-order valence-electron chi connectivity index (χ4n) is 3.66. The van der Waals surface area contributed by atoms with Crippen molar-refractivity contribution in [3.8, 4) is 5.69 Å². The number of hydrogen-bond donors (Lipinski definition) is 1. The van der Waals surface area contributed by atoms with E-state index in [1.807, 2.05) is 49.6 Å². The minimum Gasteiger partial charge on any atom is -0.316 e. The molecular formula is C24H26Cl2N4O3S. The van der Waals surface area contributed by atoms with Crippen molar-refractivity contribution in [1.82, 2.24) is 9.99 Å². The number of hydrogen-bond acceptors (Lipinski definition) is 4. The van der Waals surface area contributed by atoms with Crippen molar-refractivity contribution in [1.29, 1.82) is 0 Å². The Morgan fingerprint density at radius 2 is 1.79 bits per heavy atom. The Labute approximate surface area is 210 Å². The van der Waals surface area contributed by atoms with Crippen LogP contribution >= 0.6 is 23.2 Å². The summed E-state index contributed by atoms with van der Waals surface area (Å²) in [5.41, 5.74) is 7.88. The Morgan fingerprint density at radius 3 is 2.44 bits per heavy atom. The van der Waals surface area contributed by atoms with Gasteiger partial charge in [-0.05, 0) is 69.2 Å². The quantitative estimate of drug-likeness (QED) is 0.353. The van der Waals surface area contributed by atoms with Crippen molar-refractivity contribution in [2.45, 2.75) is 27.7 Å². The summed E-state index contributed by atoms with van der Waals surface area (Å²) in [6.45, 7) is 7.11. The molecule has 1 heterocycles. The summed E-state index contributed by atoms with van der Waals surface area (Å²) in [7, 11) is -3.68. The van der Waals surface area contributed by atoms with Gasteiger partial charge in [0.2, 0.25) is 10.0 Å². The predicted octanol–water partition coefficient (Wildman–Crippen LogP) is 4.93. The van der Waals surface area contributed by atoms with Crippen LogP contribution in [-0.2, 0) is 14.8 Å². The summed E-state index contributed by atoms with van der Waals surface area (Å²) in [6, 6.07) is 12.6. The minimum absolute atomic E-state index is 0.389. The highest BCUT2D eigenvalue weighted by atomic mass is 35.5. The van der Waals surface area contributed by atoms with E-state index in [0.29, 0.717) is 15.7 Å². The topological polar surface area (TPSA) is 83.8 Å². The first kappa shape index (κ1) is 25.8. The molecule has 0 saturated heterocycles. The third-order valence-corrected chi connectivity index (χ3v) is 7.00. The average Bonchev–Trinajstić information content (AvgIpc) is 3.01. The van der Waals surface area contributed by atoms with Gasteiger partial charge in [-0.1, -0.05) is 35.3 Å². The molecule has 0 aliphatic heterocycles. The Balaban J connectivity index is 1.79. The molecule has 180 valence electrons. The van der Waals surface area contributed by atoms with Gasteiger partial charge in [0, 0.05) is 22.0 Å². The average molecular weight is 521 g/mol. The minimum atomic E-state index is -3.68. The molecule has 3 aromatic rings. The van der Waals surface area contributed by atoms with Crippen molar-refractivity contribution in [3.05, 3.63) is 80.6 Å². The SMILES string of the molecule is Cc1ccc(C)c(N(CC(=O)N/N=C\c2cc(C)n(-c3ccc(Cl)cc3Cl)c2C)S(C)(=O)=O)c1. The maximum absolute atomic E-state index is 12.5. The lowest BCUT2D eigenvalue weighted by Crippen LogP contribution is -2.39. The standard InChI is InChI=1S/C24H26Cl2N4O3S/c1-15-6-7-16(2)23(10-15)29(34(5,32)33)14-24(31)28-27-13-19-11-17(3)30(18(19)4)22-9-8-20(25)12-21(22)26/h6-13H,14H2,1-5H3,(H,28,31)/b27-13-. The van der Waals surface area contributed by atoms with E-state index in [0.717, 1.165) is 44.3 Å². The molecule has 0 saturated carbocycles. The first-order valence-corrected chi connectivity index (χ1v) is 13.0. The summed E-state index contributed by atoms with van der Waals surface area (Å²) < 4.78 is 27.8. The van der Waals surface area contributed by atoms with E-state index in [1.165, 1.54) is 6.21 Å². The van der Waals surface area contributed by atoms with Crippen molar-refractivity contribution in [2.75, 3.05) is 17.1 Å². The molecule has 1 N–H and O–H groups in total. The van der Waals surface area contributed by atoms with E-state index in [4.69, 9.17) is 23.2 Å². The van der Waals surface area contributed by atoms with Crippen molar-refractivity contribution in [2.24, 2.45) is 5.10 Å². The molecule has 34 heavy (non-hydrogen) atoms. The van der Waals surface area contributed by atoms with Gasteiger partial charge in [0.25, 0.3) is 5.91 Å². The number of amides is 1. The van der Waals surface area contributed by atoms with Crippen LogP contribution < -0.4 is 9.73 Å². The van der Waals surface area contributed by atoms with Crippen LogP contribution in [0.4, 0.5) is 5.69 Å². The Bertz CT molecular complexity index is 1380. The molecule has 2 aromatic carbocycles. The first-order valence-electron chi connectivity index (χ1n) is 10.4. The van der Waals surface area contributed by atoms with Gasteiger partial charge >= 0.3 is 0 Å². The van der Waals surface area contributed by atoms with Crippen LogP contribution in [-0.4, -0.2) is 37.9 Å². The summed E-state index contributed by atoms with van der Waals surface area (Å²) in [4.78, 5) is 12.5. The smallest absolute Gasteiger partial charge is 0.260 e. The number of aryl methyl sites for hydroxylation is 3. The lowest BCUT2D eigenvalue weighted by atomic mass is 10.1. The molecule has 0 bridgehead atoms. The van der Waals surface area contributed by atoms with Crippen molar-refractivity contribution >= 4 is 51.0 Å². The molecule has 0 spiro atoms. The maximum Gasteiger partial charge on any atom is 0.260 e. The monoisotopic (exact) mass is 520 g/mol. The fourth-order valence-corrected chi connectivity index (χ4v) is 5.06. The molecule has 7 nitrogen and oxygen atoms in total. The number of anilines is 1. The summed E-state index contributed by atoms with van der Waals surface area (Å²) >= 11 is 12.4. The number of sulfonamides is 1. The molecule has 0 fully saturated rings. The molecule has 0 atom stereocenters. The second kappa shape index (κ2) is 10.2. The van der Waals surface area contributed by atoms with Gasteiger partial charge < -0.3 is 4.57 Å². The van der Waals surface area contributed by atoms with Crippen molar-refractivity contribution < 1.29 is 13.2 Å². The van der Waals surface area contributed by atoms with Crippen LogP contribution in [0.5, 0.6) is 0 Å². The normalized spacial score (nSPS) is 11.7. The number of aromatic nitrogens is 1. The third kappa shape index (κ3) is 5.81. The number of nitrogens with one attached hydrogen (secondary N) is 1. The van der Waals surface area contributed by atoms with E-state index < -0.39 is 15.9 Å². The second-order valence-corrected chi connectivity index (χ2v) is 10.9. The zero-order chi connectivity index (χ0) is 25.2. The Morgan fingerprint density at radius 1 is 1.09 bits per heavy atom. The maximum atomic E-state index is 12.5.